The van der Waals surface area contributed by atoms with Gasteiger partial charge in [-0.15, -0.1) is 0 Å². The average molecular weight is 296 g/mol. The number of oxime groups is 1. The number of nitrogens with zero attached hydrogens (tertiary/aromatic N) is 2. The zero-order valence-electron chi connectivity index (χ0n) is 10.4. The van der Waals surface area contributed by atoms with E-state index in [1.165, 1.54) is 5.56 Å². The van der Waals surface area contributed by atoms with Crippen molar-refractivity contribution in [3.8, 4) is 0 Å². The highest BCUT2D eigenvalue weighted by Crippen LogP contribution is 2.24. The molecule has 0 radical (unpaired) electrons. The van der Waals surface area contributed by atoms with Crippen molar-refractivity contribution in [2.24, 2.45) is 10.9 Å². The van der Waals surface area contributed by atoms with Crippen LogP contribution in [0.3, 0.4) is 0 Å². The van der Waals surface area contributed by atoms with E-state index in [2.05, 4.69) is 26.9 Å². The Morgan fingerprint density at radius 1 is 1.47 bits per heavy atom. The first-order valence-electron chi connectivity index (χ1n) is 5.61. The van der Waals surface area contributed by atoms with Crippen LogP contribution < -0.4 is 10.6 Å². The van der Waals surface area contributed by atoms with Crippen LogP contribution in [-0.4, -0.2) is 18.1 Å². The molecule has 3 N–H and O–H groups in total. The Morgan fingerprint density at radius 2 is 2.26 bits per heavy atom. The Hall–Kier alpha value is -1.72. The van der Waals surface area contributed by atoms with Gasteiger partial charge in [-0.3, -0.25) is 0 Å². The number of halogens is 1. The number of thiophene rings is 1. The van der Waals surface area contributed by atoms with Crippen molar-refractivity contribution in [2.45, 2.75) is 6.54 Å². The summed E-state index contributed by atoms with van der Waals surface area (Å²) in [6.45, 7) is 0.808. The minimum Gasteiger partial charge on any atom is -0.409 e. The Balaban J connectivity index is 2.19. The van der Waals surface area contributed by atoms with E-state index in [9.17, 15) is 0 Å². The summed E-state index contributed by atoms with van der Waals surface area (Å²) in [4.78, 5) is 2.09. The summed E-state index contributed by atoms with van der Waals surface area (Å²) < 4.78 is 0. The van der Waals surface area contributed by atoms with Crippen LogP contribution in [-0.2, 0) is 6.54 Å². The second-order valence-corrected chi connectivity index (χ2v) is 5.32. The smallest absolute Gasteiger partial charge is 0.171 e. The van der Waals surface area contributed by atoms with Gasteiger partial charge in [-0.1, -0.05) is 16.8 Å². The van der Waals surface area contributed by atoms with E-state index in [0.717, 1.165) is 12.2 Å². The molecular weight excluding hydrogens is 282 g/mol. The Labute approximate surface area is 120 Å². The maximum absolute atomic E-state index is 8.66. The molecule has 0 saturated heterocycles. The van der Waals surface area contributed by atoms with Gasteiger partial charge in [0.25, 0.3) is 0 Å². The van der Waals surface area contributed by atoms with Gasteiger partial charge in [0.2, 0.25) is 0 Å². The quantitative estimate of drug-likeness (QED) is 0.394. The fourth-order valence-corrected chi connectivity index (χ4v) is 2.68. The van der Waals surface area contributed by atoms with Crippen molar-refractivity contribution >= 4 is 34.5 Å². The predicted molar refractivity (Wildman–Crippen MR) is 80.4 cm³/mol. The third kappa shape index (κ3) is 3.19. The van der Waals surface area contributed by atoms with Crippen molar-refractivity contribution in [3.63, 3.8) is 0 Å². The van der Waals surface area contributed by atoms with Crippen molar-refractivity contribution in [2.75, 3.05) is 11.9 Å². The van der Waals surface area contributed by atoms with Gasteiger partial charge in [0.1, 0.15) is 0 Å². The molecule has 0 aliphatic carbocycles. The van der Waals surface area contributed by atoms with Crippen LogP contribution in [0.5, 0.6) is 0 Å². The first-order valence-corrected chi connectivity index (χ1v) is 6.93. The average Bonchev–Trinajstić information content (AvgIpc) is 2.90. The van der Waals surface area contributed by atoms with E-state index in [-0.39, 0.29) is 5.84 Å². The maximum Gasteiger partial charge on any atom is 0.171 e. The zero-order chi connectivity index (χ0) is 13.8. The van der Waals surface area contributed by atoms with E-state index in [4.69, 9.17) is 22.5 Å². The lowest BCUT2D eigenvalue weighted by atomic mass is 10.1. The van der Waals surface area contributed by atoms with E-state index in [1.807, 2.05) is 13.1 Å². The van der Waals surface area contributed by atoms with E-state index in [0.29, 0.717) is 10.6 Å². The van der Waals surface area contributed by atoms with Crippen LogP contribution in [0.25, 0.3) is 0 Å². The fourth-order valence-electron chi connectivity index (χ4n) is 1.75. The first-order chi connectivity index (χ1) is 9.11. The van der Waals surface area contributed by atoms with Gasteiger partial charge in [0.15, 0.2) is 5.84 Å². The minimum absolute atomic E-state index is 0.0111. The number of amidine groups is 1. The van der Waals surface area contributed by atoms with Crippen molar-refractivity contribution in [1.29, 1.82) is 0 Å². The summed E-state index contributed by atoms with van der Waals surface area (Å²) in [6, 6.07) is 7.54. The van der Waals surface area contributed by atoms with Crippen molar-refractivity contribution in [3.05, 3.63) is 51.2 Å². The number of rotatable bonds is 4. The highest BCUT2D eigenvalue weighted by atomic mass is 35.5. The van der Waals surface area contributed by atoms with Gasteiger partial charge in [-0.25, -0.2) is 0 Å². The molecule has 100 valence electrons. The lowest BCUT2D eigenvalue weighted by Gasteiger charge is -2.19. The normalized spacial score (nSPS) is 11.6. The molecule has 1 aromatic heterocycles. The molecule has 1 aromatic carbocycles. The number of hydrogen-bond acceptors (Lipinski definition) is 4. The third-order valence-corrected chi connectivity index (χ3v) is 3.82. The molecule has 0 atom stereocenters. The van der Waals surface area contributed by atoms with E-state index >= 15 is 0 Å². The van der Waals surface area contributed by atoms with Gasteiger partial charge in [0, 0.05) is 24.8 Å². The molecule has 1 heterocycles. The number of benzene rings is 1. The molecule has 19 heavy (non-hydrogen) atoms. The molecule has 4 nitrogen and oxygen atoms in total. The third-order valence-electron chi connectivity index (χ3n) is 2.78. The Kier molecular flexibility index (Phi) is 4.29. The summed E-state index contributed by atoms with van der Waals surface area (Å²) in [6.07, 6.45) is 0. The summed E-state index contributed by atoms with van der Waals surface area (Å²) in [5, 5.41) is 16.2. The lowest BCUT2D eigenvalue weighted by molar-refractivity contribution is 0.318. The summed E-state index contributed by atoms with van der Waals surface area (Å²) in [5.74, 6) is 0.0111. The fraction of sp³-hybridized carbons (Fsp3) is 0.154. The molecular formula is C13H14ClN3OS. The molecule has 0 bridgehead atoms. The zero-order valence-corrected chi connectivity index (χ0v) is 11.9. The van der Waals surface area contributed by atoms with Gasteiger partial charge in [-0.05, 0) is 40.6 Å². The molecule has 0 aliphatic heterocycles. The van der Waals surface area contributed by atoms with E-state index < -0.39 is 0 Å². The van der Waals surface area contributed by atoms with Gasteiger partial charge < -0.3 is 15.8 Å². The monoisotopic (exact) mass is 295 g/mol. The van der Waals surface area contributed by atoms with Crippen LogP contribution in [0.4, 0.5) is 5.69 Å². The van der Waals surface area contributed by atoms with Gasteiger partial charge in [0.05, 0.1) is 5.02 Å². The molecule has 0 aliphatic rings. The molecule has 0 spiro atoms. The second kappa shape index (κ2) is 5.95. The topological polar surface area (TPSA) is 61.8 Å². The standard InChI is InChI=1S/C13H14ClN3OS/c1-17(7-9-4-5-19-8-9)10-2-3-11(12(14)6-10)13(15)16-18/h2-6,8,18H,7H2,1H3,(H2,15,16). The first kappa shape index (κ1) is 13.7. The maximum atomic E-state index is 8.66. The van der Waals surface area contributed by atoms with Gasteiger partial charge in [-0.2, -0.15) is 11.3 Å². The predicted octanol–water partition coefficient (Wildman–Crippen LogP) is 3.13. The van der Waals surface area contributed by atoms with E-state index in [1.54, 1.807) is 23.5 Å². The second-order valence-electron chi connectivity index (χ2n) is 4.14. The van der Waals surface area contributed by atoms with Crippen LogP contribution in [0.1, 0.15) is 11.1 Å². The Morgan fingerprint density at radius 3 is 2.84 bits per heavy atom. The minimum atomic E-state index is 0.0111. The summed E-state index contributed by atoms with van der Waals surface area (Å²) >= 11 is 7.81. The molecule has 0 fully saturated rings. The SMILES string of the molecule is CN(Cc1ccsc1)c1ccc(C(N)=NO)c(Cl)c1. The molecule has 0 amide bonds. The highest BCUT2D eigenvalue weighted by molar-refractivity contribution is 7.07. The van der Waals surface area contributed by atoms with Crippen LogP contribution in [0, 0.1) is 0 Å². The van der Waals surface area contributed by atoms with Crippen molar-refractivity contribution < 1.29 is 5.21 Å². The highest BCUT2D eigenvalue weighted by Gasteiger charge is 2.09. The van der Waals surface area contributed by atoms with Crippen LogP contribution >= 0.6 is 22.9 Å². The summed E-state index contributed by atoms with van der Waals surface area (Å²) in [7, 11) is 1.99. The van der Waals surface area contributed by atoms with Crippen LogP contribution in [0.2, 0.25) is 5.02 Å². The number of hydrogen-bond donors (Lipinski definition) is 2. The molecule has 0 unspecified atom stereocenters. The molecule has 2 rings (SSSR count). The van der Waals surface area contributed by atoms with Crippen LogP contribution in [0.15, 0.2) is 40.2 Å². The number of anilines is 1. The lowest BCUT2D eigenvalue weighted by Crippen LogP contribution is -2.17. The van der Waals surface area contributed by atoms with Gasteiger partial charge >= 0.3 is 0 Å². The molecule has 0 saturated carbocycles. The molecule has 6 heteroatoms. The molecule has 2 aromatic rings. The number of nitrogens with two attached hydrogens (primary N) is 1. The summed E-state index contributed by atoms with van der Waals surface area (Å²) in [5.41, 5.74) is 8.29. The largest absolute Gasteiger partial charge is 0.409 e. The van der Waals surface area contributed by atoms with Crippen molar-refractivity contribution in [1.82, 2.24) is 0 Å². The Bertz CT molecular complexity index is 584.